The van der Waals surface area contributed by atoms with Gasteiger partial charge in [0, 0.05) is 61.2 Å². The molecule has 3 heterocycles. The van der Waals surface area contributed by atoms with E-state index in [0.29, 0.717) is 19.0 Å². The van der Waals surface area contributed by atoms with Gasteiger partial charge in [0.15, 0.2) is 0 Å². The number of likely N-dealkylation sites (tertiary alicyclic amines) is 1. The van der Waals surface area contributed by atoms with Crippen molar-refractivity contribution in [2.45, 2.75) is 38.8 Å². The molecule has 2 aromatic carbocycles. The maximum Gasteiger partial charge on any atom is 0.253 e. The quantitative estimate of drug-likeness (QED) is 0.426. The summed E-state index contributed by atoms with van der Waals surface area (Å²) in [6.07, 6.45) is 7.94. The van der Waals surface area contributed by atoms with E-state index in [1.807, 2.05) is 59.6 Å². The minimum absolute atomic E-state index is 0.0515. The van der Waals surface area contributed by atoms with Crippen LogP contribution in [0, 0.1) is 12.8 Å². The summed E-state index contributed by atoms with van der Waals surface area (Å²) in [5.41, 5.74) is 4.26. The number of H-pyrrole nitrogens is 1. The Morgan fingerprint density at radius 2 is 1.92 bits per heavy atom. The van der Waals surface area contributed by atoms with Crippen molar-refractivity contribution in [3.05, 3.63) is 89.9 Å². The average Bonchev–Trinajstić information content (AvgIpc) is 3.59. The number of nitrogens with one attached hydrogen (secondary N) is 1. The van der Waals surface area contributed by atoms with Crippen LogP contribution in [0.3, 0.4) is 0 Å². The fourth-order valence-electron chi connectivity index (χ4n) is 5.37. The largest absolute Gasteiger partial charge is 0.361 e. The highest BCUT2D eigenvalue weighted by molar-refractivity contribution is 5.98. The first-order valence-corrected chi connectivity index (χ1v) is 12.6. The number of piperidine rings is 1. The summed E-state index contributed by atoms with van der Waals surface area (Å²) < 4.78 is 1.67. The zero-order valence-corrected chi connectivity index (χ0v) is 20.9. The van der Waals surface area contributed by atoms with E-state index < -0.39 is 0 Å². The molecular formula is C29H33N5O2. The third-order valence-electron chi connectivity index (χ3n) is 7.61. The molecule has 1 N–H and O–H groups in total. The van der Waals surface area contributed by atoms with Crippen LogP contribution in [0.1, 0.15) is 34.3 Å². The van der Waals surface area contributed by atoms with Crippen molar-refractivity contribution < 1.29 is 9.59 Å². The lowest BCUT2D eigenvalue weighted by atomic mass is 9.84. The zero-order chi connectivity index (χ0) is 25.1. The molecule has 0 unspecified atom stereocenters. The number of rotatable bonds is 7. The molecule has 1 aliphatic rings. The number of aryl methyl sites for hydroxylation is 1. The monoisotopic (exact) mass is 483 g/mol. The summed E-state index contributed by atoms with van der Waals surface area (Å²) in [5.74, 6) is 0.443. The average molecular weight is 484 g/mol. The summed E-state index contributed by atoms with van der Waals surface area (Å²) in [7, 11) is 1.92. The lowest BCUT2D eigenvalue weighted by molar-refractivity contribution is -0.134. The normalized spacial score (nSPS) is 15.2. The van der Waals surface area contributed by atoms with Gasteiger partial charge in [0.05, 0.1) is 0 Å². The number of amides is 2. The number of nitrogens with zero attached hydrogens (tertiary/aromatic N) is 4. The van der Waals surface area contributed by atoms with Crippen LogP contribution < -0.4 is 0 Å². The standard InChI is InChI=1S/C29H33N5O2/c1-21-6-3-4-7-23(21)19-27(32(2)28(35)20-34-15-5-13-31-34)22-11-16-33(17-12-22)29(36)25-8-9-26-24(18-25)10-14-30-26/h3-10,13-15,18,22,27,30H,11-12,16-17,19-20H2,1-2H3/t27-/m1/s1. The number of fused-ring (bicyclic) bond motifs is 1. The summed E-state index contributed by atoms with van der Waals surface area (Å²) in [5, 5.41) is 5.25. The molecule has 0 radical (unpaired) electrons. The fraction of sp³-hybridized carbons (Fsp3) is 0.345. The first-order chi connectivity index (χ1) is 17.5. The highest BCUT2D eigenvalue weighted by atomic mass is 16.2. The van der Waals surface area contributed by atoms with E-state index in [2.05, 4.69) is 41.3 Å². The van der Waals surface area contributed by atoms with Crippen molar-refractivity contribution in [2.24, 2.45) is 5.92 Å². The number of hydrogen-bond acceptors (Lipinski definition) is 3. The molecule has 2 aromatic heterocycles. The first-order valence-electron chi connectivity index (χ1n) is 12.6. The van der Waals surface area contributed by atoms with E-state index in [1.54, 1.807) is 10.9 Å². The second kappa shape index (κ2) is 10.4. The SMILES string of the molecule is Cc1ccccc1C[C@H](C1CCN(C(=O)c2ccc3[nH]ccc3c2)CC1)N(C)C(=O)Cn1cccn1. The van der Waals surface area contributed by atoms with Crippen LogP contribution in [0.4, 0.5) is 0 Å². The van der Waals surface area contributed by atoms with E-state index >= 15 is 0 Å². The molecule has 186 valence electrons. The lowest BCUT2D eigenvalue weighted by Crippen LogP contribution is -2.49. The van der Waals surface area contributed by atoms with Gasteiger partial charge in [0.1, 0.15) is 6.54 Å². The number of aromatic nitrogens is 3. The molecule has 1 saturated heterocycles. The Morgan fingerprint density at radius 1 is 1.11 bits per heavy atom. The molecule has 1 fully saturated rings. The molecule has 1 aliphatic heterocycles. The Morgan fingerprint density at radius 3 is 2.67 bits per heavy atom. The molecule has 0 bridgehead atoms. The van der Waals surface area contributed by atoms with Crippen LogP contribution in [0.15, 0.2) is 73.2 Å². The van der Waals surface area contributed by atoms with Gasteiger partial charge in [-0.05, 0) is 73.6 Å². The predicted octanol–water partition coefficient (Wildman–Crippen LogP) is 4.29. The number of hydrogen-bond donors (Lipinski definition) is 1. The van der Waals surface area contributed by atoms with Crippen molar-refractivity contribution in [2.75, 3.05) is 20.1 Å². The van der Waals surface area contributed by atoms with Crippen LogP contribution in [0.2, 0.25) is 0 Å². The van der Waals surface area contributed by atoms with Crippen molar-refractivity contribution >= 4 is 22.7 Å². The van der Waals surface area contributed by atoms with Crippen LogP contribution in [0.5, 0.6) is 0 Å². The van der Waals surface area contributed by atoms with Crippen molar-refractivity contribution in [1.82, 2.24) is 24.6 Å². The number of aromatic amines is 1. The van der Waals surface area contributed by atoms with Crippen LogP contribution in [0.25, 0.3) is 10.9 Å². The topological polar surface area (TPSA) is 74.2 Å². The lowest BCUT2D eigenvalue weighted by Gasteiger charge is -2.40. The molecule has 4 aromatic rings. The first kappa shape index (κ1) is 23.9. The minimum Gasteiger partial charge on any atom is -0.361 e. The second-order valence-corrected chi connectivity index (χ2v) is 9.82. The Balaban J connectivity index is 1.30. The minimum atomic E-state index is 0.0515. The number of likely N-dealkylation sites (N-methyl/N-ethyl adjacent to an activating group) is 1. The van der Waals surface area contributed by atoms with Gasteiger partial charge in [0.2, 0.25) is 5.91 Å². The Hall–Kier alpha value is -3.87. The third-order valence-corrected chi connectivity index (χ3v) is 7.61. The summed E-state index contributed by atoms with van der Waals surface area (Å²) in [4.78, 5) is 33.5. The summed E-state index contributed by atoms with van der Waals surface area (Å²) in [6, 6.07) is 18.1. The molecule has 36 heavy (non-hydrogen) atoms. The van der Waals surface area contributed by atoms with Gasteiger partial charge >= 0.3 is 0 Å². The van der Waals surface area contributed by atoms with E-state index in [0.717, 1.165) is 35.7 Å². The highest BCUT2D eigenvalue weighted by Gasteiger charge is 2.33. The summed E-state index contributed by atoms with van der Waals surface area (Å²) >= 11 is 0. The van der Waals surface area contributed by atoms with Crippen LogP contribution in [-0.4, -0.2) is 62.6 Å². The van der Waals surface area contributed by atoms with Crippen molar-refractivity contribution in [3.63, 3.8) is 0 Å². The van der Waals surface area contributed by atoms with E-state index in [9.17, 15) is 9.59 Å². The molecule has 0 saturated carbocycles. The van der Waals surface area contributed by atoms with Crippen molar-refractivity contribution in [3.8, 4) is 0 Å². The van der Waals surface area contributed by atoms with Gasteiger partial charge in [-0.1, -0.05) is 24.3 Å². The Bertz CT molecular complexity index is 1330. The van der Waals surface area contributed by atoms with Crippen LogP contribution >= 0.6 is 0 Å². The second-order valence-electron chi connectivity index (χ2n) is 9.82. The molecule has 7 nitrogen and oxygen atoms in total. The summed E-state index contributed by atoms with van der Waals surface area (Å²) in [6.45, 7) is 3.74. The van der Waals surface area contributed by atoms with Crippen LogP contribution in [-0.2, 0) is 17.8 Å². The van der Waals surface area contributed by atoms with Gasteiger partial charge in [0.25, 0.3) is 5.91 Å². The molecule has 7 heteroatoms. The Kier molecular flexibility index (Phi) is 6.89. The van der Waals surface area contributed by atoms with Gasteiger partial charge < -0.3 is 14.8 Å². The van der Waals surface area contributed by atoms with Crippen molar-refractivity contribution in [1.29, 1.82) is 0 Å². The van der Waals surface area contributed by atoms with E-state index in [1.165, 1.54) is 11.1 Å². The number of benzene rings is 2. The predicted molar refractivity (Wildman–Crippen MR) is 141 cm³/mol. The van der Waals surface area contributed by atoms with E-state index in [-0.39, 0.29) is 24.4 Å². The maximum atomic E-state index is 13.2. The Labute approximate surface area is 211 Å². The highest BCUT2D eigenvalue weighted by Crippen LogP contribution is 2.28. The molecule has 5 rings (SSSR count). The molecule has 2 amide bonds. The van der Waals surface area contributed by atoms with Gasteiger partial charge in [-0.15, -0.1) is 0 Å². The van der Waals surface area contributed by atoms with Gasteiger partial charge in [-0.2, -0.15) is 5.10 Å². The van der Waals surface area contributed by atoms with E-state index in [4.69, 9.17) is 0 Å². The smallest absolute Gasteiger partial charge is 0.253 e. The number of carbonyl (C=O) groups is 2. The number of carbonyl (C=O) groups excluding carboxylic acids is 2. The van der Waals surface area contributed by atoms with Gasteiger partial charge in [-0.3, -0.25) is 14.3 Å². The zero-order valence-electron chi connectivity index (χ0n) is 20.9. The molecule has 1 atom stereocenters. The molecule has 0 spiro atoms. The third kappa shape index (κ3) is 5.05. The van der Waals surface area contributed by atoms with Gasteiger partial charge in [-0.25, -0.2) is 0 Å². The molecular weight excluding hydrogens is 450 g/mol. The maximum absolute atomic E-state index is 13.2. The molecule has 0 aliphatic carbocycles. The fourth-order valence-corrected chi connectivity index (χ4v) is 5.37.